The van der Waals surface area contributed by atoms with Crippen LogP contribution in [0.3, 0.4) is 0 Å². The van der Waals surface area contributed by atoms with Crippen LogP contribution in [-0.2, 0) is 0 Å². The van der Waals surface area contributed by atoms with Crippen molar-refractivity contribution in [3.05, 3.63) is 17.5 Å². The first-order chi connectivity index (χ1) is 5.18. The maximum absolute atomic E-state index is 5.48. The van der Waals surface area contributed by atoms with Gasteiger partial charge in [-0.25, -0.2) is 9.97 Å². The van der Waals surface area contributed by atoms with Crippen LogP contribution in [0.2, 0.25) is 5.28 Å². The molecule has 1 heterocycles. The van der Waals surface area contributed by atoms with Gasteiger partial charge in [0.05, 0.1) is 0 Å². The molecule has 0 aromatic carbocycles. The fraction of sp³-hybridized carbons (Fsp3) is 0. The second kappa shape index (κ2) is 3.45. The standard InChI is InChI=1S/C5H5ClN4S/c6-4-8-2-1-3(9-4)10-5(7)11/h1-2H,(H3,7,8,9,10,11). The highest BCUT2D eigenvalue weighted by Gasteiger charge is 1.95. The van der Waals surface area contributed by atoms with Crippen molar-refractivity contribution in [1.82, 2.24) is 9.97 Å². The molecule has 0 saturated heterocycles. The molecule has 0 aliphatic carbocycles. The number of thiocarbonyl (C=S) groups is 1. The molecule has 0 amide bonds. The summed E-state index contributed by atoms with van der Waals surface area (Å²) in [5, 5.41) is 2.93. The average molecular weight is 189 g/mol. The number of nitrogens with zero attached hydrogens (tertiary/aromatic N) is 2. The zero-order chi connectivity index (χ0) is 8.27. The Morgan fingerprint density at radius 3 is 3.00 bits per heavy atom. The van der Waals surface area contributed by atoms with Gasteiger partial charge in [0.2, 0.25) is 5.28 Å². The van der Waals surface area contributed by atoms with E-state index in [0.717, 1.165) is 0 Å². The Balaban J connectivity index is 2.79. The number of anilines is 1. The monoisotopic (exact) mass is 188 g/mol. The van der Waals surface area contributed by atoms with Crippen LogP contribution in [0, 0.1) is 0 Å². The molecule has 0 bridgehead atoms. The maximum atomic E-state index is 5.48. The van der Waals surface area contributed by atoms with Gasteiger partial charge in [0, 0.05) is 6.20 Å². The number of nitrogens with one attached hydrogen (secondary N) is 1. The lowest BCUT2D eigenvalue weighted by Crippen LogP contribution is -2.19. The van der Waals surface area contributed by atoms with Gasteiger partial charge in [0.15, 0.2) is 5.11 Å². The predicted molar refractivity (Wildman–Crippen MR) is 47.5 cm³/mol. The Kier molecular flexibility index (Phi) is 2.56. The number of halogens is 1. The van der Waals surface area contributed by atoms with Gasteiger partial charge in [-0.15, -0.1) is 0 Å². The highest BCUT2D eigenvalue weighted by Crippen LogP contribution is 2.04. The second-order valence-electron chi connectivity index (χ2n) is 1.70. The first-order valence-corrected chi connectivity index (χ1v) is 3.52. The molecule has 1 rings (SSSR count). The van der Waals surface area contributed by atoms with E-state index in [1.54, 1.807) is 6.07 Å². The number of rotatable bonds is 1. The van der Waals surface area contributed by atoms with Crippen molar-refractivity contribution in [3.63, 3.8) is 0 Å². The van der Waals surface area contributed by atoms with Crippen molar-refractivity contribution in [2.75, 3.05) is 5.32 Å². The van der Waals surface area contributed by atoms with E-state index in [9.17, 15) is 0 Å². The third-order valence-electron chi connectivity index (χ3n) is 0.877. The topological polar surface area (TPSA) is 63.8 Å². The summed E-state index contributed by atoms with van der Waals surface area (Å²) in [5.74, 6) is 0.498. The third-order valence-corrected chi connectivity index (χ3v) is 1.16. The minimum absolute atomic E-state index is 0.153. The molecule has 11 heavy (non-hydrogen) atoms. The highest BCUT2D eigenvalue weighted by atomic mass is 35.5. The zero-order valence-corrected chi connectivity index (χ0v) is 6.99. The first-order valence-electron chi connectivity index (χ1n) is 2.73. The predicted octanol–water partition coefficient (Wildman–Crippen LogP) is 0.785. The summed E-state index contributed by atoms with van der Waals surface area (Å²) in [6.07, 6.45) is 1.51. The van der Waals surface area contributed by atoms with Crippen LogP contribution in [0.4, 0.5) is 5.82 Å². The van der Waals surface area contributed by atoms with Gasteiger partial charge < -0.3 is 11.1 Å². The Morgan fingerprint density at radius 2 is 2.45 bits per heavy atom. The average Bonchev–Trinajstić information content (AvgIpc) is 1.85. The van der Waals surface area contributed by atoms with Crippen LogP contribution in [0.1, 0.15) is 0 Å². The SMILES string of the molecule is NC(=S)Nc1ccnc(Cl)n1. The lowest BCUT2D eigenvalue weighted by molar-refractivity contribution is 1.17. The molecule has 58 valence electrons. The summed E-state index contributed by atoms with van der Waals surface area (Å²) in [5.41, 5.74) is 5.19. The van der Waals surface area contributed by atoms with Crippen LogP contribution < -0.4 is 11.1 Å². The maximum Gasteiger partial charge on any atom is 0.224 e. The molecule has 0 aliphatic rings. The Bertz CT molecular complexity index is 277. The minimum Gasteiger partial charge on any atom is -0.376 e. The molecule has 0 atom stereocenters. The van der Waals surface area contributed by atoms with Crippen molar-refractivity contribution < 1.29 is 0 Å². The molecule has 0 aliphatic heterocycles. The molecule has 3 N–H and O–H groups in total. The number of nitrogens with two attached hydrogens (primary N) is 1. The molecule has 0 saturated carbocycles. The van der Waals surface area contributed by atoms with Gasteiger partial charge >= 0.3 is 0 Å². The van der Waals surface area contributed by atoms with Crippen LogP contribution in [0.5, 0.6) is 0 Å². The van der Waals surface area contributed by atoms with Gasteiger partial charge in [-0.05, 0) is 29.9 Å². The lowest BCUT2D eigenvalue weighted by Gasteiger charge is -2.00. The van der Waals surface area contributed by atoms with E-state index >= 15 is 0 Å². The molecule has 6 heteroatoms. The molecule has 0 fully saturated rings. The summed E-state index contributed by atoms with van der Waals surface area (Å²) in [4.78, 5) is 7.47. The fourth-order valence-corrected chi connectivity index (χ4v) is 0.783. The summed E-state index contributed by atoms with van der Waals surface area (Å²) in [7, 11) is 0. The van der Waals surface area contributed by atoms with Crippen molar-refractivity contribution in [2.45, 2.75) is 0 Å². The lowest BCUT2D eigenvalue weighted by atomic mass is 10.6. The van der Waals surface area contributed by atoms with Gasteiger partial charge in [0.1, 0.15) is 5.82 Å². The van der Waals surface area contributed by atoms with Gasteiger partial charge in [-0.3, -0.25) is 0 Å². The second-order valence-corrected chi connectivity index (χ2v) is 2.48. The molecule has 1 aromatic rings. The van der Waals surface area contributed by atoms with Crippen molar-refractivity contribution in [2.24, 2.45) is 5.73 Å². The number of aromatic nitrogens is 2. The van der Waals surface area contributed by atoms with E-state index in [1.165, 1.54) is 6.20 Å². The molecule has 0 unspecified atom stereocenters. The van der Waals surface area contributed by atoms with E-state index in [1.807, 2.05) is 0 Å². The van der Waals surface area contributed by atoms with E-state index < -0.39 is 0 Å². The van der Waals surface area contributed by atoms with E-state index in [-0.39, 0.29) is 10.4 Å². The van der Waals surface area contributed by atoms with Crippen LogP contribution in [0.15, 0.2) is 12.3 Å². The summed E-state index contributed by atoms with van der Waals surface area (Å²) < 4.78 is 0. The molecule has 0 radical (unpaired) electrons. The van der Waals surface area contributed by atoms with E-state index in [4.69, 9.17) is 17.3 Å². The van der Waals surface area contributed by atoms with Crippen LogP contribution in [-0.4, -0.2) is 15.1 Å². The minimum atomic E-state index is 0.153. The number of hydrogen-bond donors (Lipinski definition) is 2. The van der Waals surface area contributed by atoms with Crippen LogP contribution in [0.25, 0.3) is 0 Å². The van der Waals surface area contributed by atoms with Crippen molar-refractivity contribution in [3.8, 4) is 0 Å². The highest BCUT2D eigenvalue weighted by molar-refractivity contribution is 7.80. The summed E-state index contributed by atoms with van der Waals surface area (Å²) >= 11 is 10.1. The quantitative estimate of drug-likeness (QED) is 0.504. The van der Waals surface area contributed by atoms with E-state index in [2.05, 4.69) is 27.5 Å². The van der Waals surface area contributed by atoms with Crippen molar-refractivity contribution in [1.29, 1.82) is 0 Å². The number of hydrogen-bond acceptors (Lipinski definition) is 3. The summed E-state index contributed by atoms with van der Waals surface area (Å²) in [6, 6.07) is 1.62. The van der Waals surface area contributed by atoms with Crippen LogP contribution >= 0.6 is 23.8 Å². The smallest absolute Gasteiger partial charge is 0.224 e. The Labute approximate surface area is 73.8 Å². The third kappa shape index (κ3) is 2.65. The molecule has 0 spiro atoms. The summed E-state index contributed by atoms with van der Waals surface area (Å²) in [6.45, 7) is 0. The van der Waals surface area contributed by atoms with Gasteiger partial charge in [0.25, 0.3) is 0 Å². The van der Waals surface area contributed by atoms with Crippen molar-refractivity contribution >= 4 is 34.7 Å². The normalized spacial score (nSPS) is 9.18. The molecule has 4 nitrogen and oxygen atoms in total. The van der Waals surface area contributed by atoms with Gasteiger partial charge in [-0.2, -0.15) is 0 Å². The zero-order valence-electron chi connectivity index (χ0n) is 5.41. The largest absolute Gasteiger partial charge is 0.376 e. The molecular formula is C5H5ClN4S. The Hall–Kier alpha value is -0.940. The van der Waals surface area contributed by atoms with E-state index in [0.29, 0.717) is 5.82 Å². The molecular weight excluding hydrogens is 184 g/mol. The van der Waals surface area contributed by atoms with Gasteiger partial charge in [-0.1, -0.05) is 0 Å². The fourth-order valence-electron chi connectivity index (χ4n) is 0.531. The Morgan fingerprint density at radius 1 is 1.73 bits per heavy atom. The molecule has 1 aromatic heterocycles. The first kappa shape index (κ1) is 8.16.